The zero-order chi connectivity index (χ0) is 14.8. The number of amides is 1. The molecule has 6 heteroatoms. The molecule has 3 rings (SSSR count). The lowest BCUT2D eigenvalue weighted by Crippen LogP contribution is -2.46. The van der Waals surface area contributed by atoms with Gasteiger partial charge in [0, 0.05) is 21.7 Å². The monoisotopic (exact) mass is 327 g/mol. The molecule has 0 radical (unpaired) electrons. The van der Waals surface area contributed by atoms with Crippen molar-refractivity contribution in [3.8, 4) is 0 Å². The molecule has 2 aliphatic heterocycles. The van der Waals surface area contributed by atoms with Crippen LogP contribution in [0.1, 0.15) is 13.3 Å². The summed E-state index contributed by atoms with van der Waals surface area (Å²) in [6, 6.07) is 5.72. The minimum Gasteiger partial charge on any atom is -0.376 e. The van der Waals surface area contributed by atoms with Gasteiger partial charge < -0.3 is 14.4 Å². The fourth-order valence-corrected chi connectivity index (χ4v) is 3.80. The van der Waals surface area contributed by atoms with Crippen LogP contribution in [0.5, 0.6) is 0 Å². The van der Waals surface area contributed by atoms with E-state index in [1.54, 1.807) is 16.7 Å². The van der Waals surface area contributed by atoms with Crippen molar-refractivity contribution in [3.63, 3.8) is 0 Å². The second-order valence-corrected chi connectivity index (χ2v) is 7.17. The van der Waals surface area contributed by atoms with Crippen LogP contribution >= 0.6 is 23.4 Å². The van der Waals surface area contributed by atoms with Crippen molar-refractivity contribution in [1.82, 2.24) is 0 Å². The quantitative estimate of drug-likeness (QED) is 0.795. The first-order valence-corrected chi connectivity index (χ1v) is 8.38. The average molecular weight is 328 g/mol. The zero-order valence-electron chi connectivity index (χ0n) is 11.9. The molecule has 21 heavy (non-hydrogen) atoms. The minimum atomic E-state index is -0.510. The summed E-state index contributed by atoms with van der Waals surface area (Å²) in [4.78, 5) is 15.6. The summed E-state index contributed by atoms with van der Waals surface area (Å²) < 4.78 is 10.9. The third-order valence-electron chi connectivity index (χ3n) is 3.66. The Morgan fingerprint density at radius 1 is 1.43 bits per heavy atom. The first kappa shape index (κ1) is 15.2. The Morgan fingerprint density at radius 3 is 3.05 bits per heavy atom. The van der Waals surface area contributed by atoms with Crippen LogP contribution in [-0.4, -0.2) is 43.6 Å². The minimum absolute atomic E-state index is 0.0343. The number of halogens is 1. The van der Waals surface area contributed by atoms with E-state index in [4.69, 9.17) is 21.1 Å². The van der Waals surface area contributed by atoms with Crippen LogP contribution in [0.15, 0.2) is 23.1 Å². The van der Waals surface area contributed by atoms with E-state index in [0.717, 1.165) is 17.0 Å². The molecule has 0 unspecified atom stereocenters. The van der Waals surface area contributed by atoms with Crippen molar-refractivity contribution in [3.05, 3.63) is 23.2 Å². The number of ether oxygens (including phenoxy) is 2. The second-order valence-electron chi connectivity index (χ2n) is 5.25. The van der Waals surface area contributed by atoms with Crippen molar-refractivity contribution >= 4 is 35.0 Å². The third kappa shape index (κ3) is 3.37. The molecule has 0 N–H and O–H groups in total. The fraction of sp³-hybridized carbons (Fsp3) is 0.533. The molecule has 0 aliphatic carbocycles. The summed E-state index contributed by atoms with van der Waals surface area (Å²) in [5.74, 6) is -0.0343. The maximum absolute atomic E-state index is 12.8. The molecular weight excluding hydrogens is 310 g/mol. The van der Waals surface area contributed by atoms with Gasteiger partial charge in [-0.2, -0.15) is 0 Å². The molecule has 0 aromatic heterocycles. The number of rotatable bonds is 1. The van der Waals surface area contributed by atoms with Gasteiger partial charge in [-0.15, -0.1) is 11.8 Å². The van der Waals surface area contributed by atoms with Crippen LogP contribution in [0, 0.1) is 0 Å². The first-order valence-electron chi connectivity index (χ1n) is 7.12. The van der Waals surface area contributed by atoms with Gasteiger partial charge in [0.15, 0.2) is 6.10 Å². The molecule has 4 nitrogen and oxygen atoms in total. The Balaban J connectivity index is 1.90. The van der Waals surface area contributed by atoms with E-state index in [0.29, 0.717) is 36.6 Å². The molecule has 2 aliphatic rings. The number of anilines is 1. The van der Waals surface area contributed by atoms with Crippen molar-refractivity contribution in [2.45, 2.75) is 29.6 Å². The number of hydrogen-bond acceptors (Lipinski definition) is 4. The lowest BCUT2D eigenvalue weighted by atomic mass is 10.2. The summed E-state index contributed by atoms with van der Waals surface area (Å²) in [7, 11) is 0. The van der Waals surface area contributed by atoms with Crippen LogP contribution in [0.2, 0.25) is 5.02 Å². The molecule has 1 aromatic rings. The number of thioether (sulfide) groups is 1. The molecular formula is C15H18ClNO3S. The number of carbonyl (C=O) groups is 1. The second kappa shape index (κ2) is 6.57. The average Bonchev–Trinajstić information content (AvgIpc) is 2.66. The standard InChI is InChI=1S/C15H18ClNO3S/c1-10-4-5-17(15(18)13-9-19-6-7-20-13)12-8-11(16)2-3-14(12)21-10/h2-3,8,10,13H,4-7,9H2,1H3/t10-,13-/m0/s1. The molecule has 1 saturated heterocycles. The molecule has 1 amide bonds. The van der Waals surface area contributed by atoms with Gasteiger partial charge in [-0.05, 0) is 24.6 Å². The first-order chi connectivity index (χ1) is 10.1. The smallest absolute Gasteiger partial charge is 0.258 e. The van der Waals surface area contributed by atoms with Gasteiger partial charge in [-0.25, -0.2) is 0 Å². The molecule has 2 heterocycles. The SMILES string of the molecule is C[C@H]1CCN(C(=O)[C@@H]2COCCO2)c2cc(Cl)ccc2S1. The van der Waals surface area contributed by atoms with E-state index in [9.17, 15) is 4.79 Å². The highest BCUT2D eigenvalue weighted by molar-refractivity contribution is 8.00. The number of hydrogen-bond donors (Lipinski definition) is 0. The Labute approximate surface area is 133 Å². The van der Waals surface area contributed by atoms with Gasteiger partial charge in [0.05, 0.1) is 25.5 Å². The predicted molar refractivity (Wildman–Crippen MR) is 84.3 cm³/mol. The largest absolute Gasteiger partial charge is 0.376 e. The summed E-state index contributed by atoms with van der Waals surface area (Å²) in [5.41, 5.74) is 0.885. The zero-order valence-corrected chi connectivity index (χ0v) is 13.5. The van der Waals surface area contributed by atoms with Crippen LogP contribution in [0.4, 0.5) is 5.69 Å². The van der Waals surface area contributed by atoms with Crippen molar-refractivity contribution in [2.24, 2.45) is 0 Å². The number of fused-ring (bicyclic) bond motifs is 1. The molecule has 1 fully saturated rings. The van der Waals surface area contributed by atoms with Gasteiger partial charge in [0.1, 0.15) is 0 Å². The molecule has 114 valence electrons. The molecule has 0 spiro atoms. The lowest BCUT2D eigenvalue weighted by molar-refractivity contribution is -0.144. The van der Waals surface area contributed by atoms with Crippen molar-refractivity contribution < 1.29 is 14.3 Å². The van der Waals surface area contributed by atoms with Crippen LogP contribution in [0.25, 0.3) is 0 Å². The summed E-state index contributed by atoms with van der Waals surface area (Å²) in [5, 5.41) is 1.11. The third-order valence-corrected chi connectivity index (χ3v) is 5.13. The van der Waals surface area contributed by atoms with Gasteiger partial charge in [-0.1, -0.05) is 18.5 Å². The maximum atomic E-state index is 12.8. The molecule has 2 atom stereocenters. The highest BCUT2D eigenvalue weighted by Gasteiger charge is 2.31. The van der Waals surface area contributed by atoms with E-state index >= 15 is 0 Å². The number of benzene rings is 1. The molecule has 1 aromatic carbocycles. The molecule has 0 saturated carbocycles. The predicted octanol–water partition coefficient (Wildman–Crippen LogP) is 2.97. The lowest BCUT2D eigenvalue weighted by Gasteiger charge is -2.29. The van der Waals surface area contributed by atoms with Gasteiger partial charge in [0.25, 0.3) is 5.91 Å². The van der Waals surface area contributed by atoms with E-state index in [1.165, 1.54) is 0 Å². The van der Waals surface area contributed by atoms with Crippen molar-refractivity contribution in [1.29, 1.82) is 0 Å². The summed E-state index contributed by atoms with van der Waals surface area (Å²) >= 11 is 7.90. The topological polar surface area (TPSA) is 38.8 Å². The number of nitrogens with zero attached hydrogens (tertiary/aromatic N) is 1. The highest BCUT2D eigenvalue weighted by atomic mass is 35.5. The van der Waals surface area contributed by atoms with E-state index in [1.807, 2.05) is 18.2 Å². The van der Waals surface area contributed by atoms with E-state index in [2.05, 4.69) is 6.92 Å². The summed E-state index contributed by atoms with van der Waals surface area (Å²) in [6.45, 7) is 4.21. The van der Waals surface area contributed by atoms with Crippen molar-refractivity contribution in [2.75, 3.05) is 31.3 Å². The van der Waals surface area contributed by atoms with Crippen LogP contribution in [0.3, 0.4) is 0 Å². The van der Waals surface area contributed by atoms with Gasteiger partial charge in [0.2, 0.25) is 0 Å². The van der Waals surface area contributed by atoms with E-state index < -0.39 is 6.10 Å². The van der Waals surface area contributed by atoms with E-state index in [-0.39, 0.29) is 5.91 Å². The maximum Gasteiger partial charge on any atom is 0.258 e. The Morgan fingerprint density at radius 2 is 2.29 bits per heavy atom. The van der Waals surface area contributed by atoms with Crippen LogP contribution in [-0.2, 0) is 14.3 Å². The van der Waals surface area contributed by atoms with Gasteiger partial charge >= 0.3 is 0 Å². The van der Waals surface area contributed by atoms with Crippen LogP contribution < -0.4 is 4.90 Å². The fourth-order valence-electron chi connectivity index (χ4n) is 2.54. The summed E-state index contributed by atoms with van der Waals surface area (Å²) in [6.07, 6.45) is 0.431. The molecule has 0 bridgehead atoms. The van der Waals surface area contributed by atoms with Gasteiger partial charge in [-0.3, -0.25) is 4.79 Å². The highest BCUT2D eigenvalue weighted by Crippen LogP contribution is 2.39. The number of carbonyl (C=O) groups excluding carboxylic acids is 1. The Bertz CT molecular complexity index is 534. The Kier molecular flexibility index (Phi) is 4.74. The normalized spacial score (nSPS) is 26.1. The Hall–Kier alpha value is -0.750.